The Morgan fingerprint density at radius 2 is 1.91 bits per heavy atom. The Bertz CT molecular complexity index is 1350. The molecule has 0 radical (unpaired) electrons. The minimum atomic E-state index is -0.304. The second-order valence-electron chi connectivity index (χ2n) is 8.78. The summed E-state index contributed by atoms with van der Waals surface area (Å²) in [5.74, 6) is 1.95. The normalized spacial score (nSPS) is 15.0. The number of ether oxygens (including phenoxy) is 1. The van der Waals surface area contributed by atoms with E-state index >= 15 is 0 Å². The number of carbonyl (C=O) groups excluding carboxylic acids is 1. The van der Waals surface area contributed by atoms with Crippen LogP contribution in [0.25, 0.3) is 22.8 Å². The molecule has 2 heterocycles. The number of benzene rings is 2. The first-order valence-electron chi connectivity index (χ1n) is 11.5. The Morgan fingerprint density at radius 1 is 1.11 bits per heavy atom. The number of likely N-dealkylation sites (N-methyl/N-ethyl adjacent to an activating group) is 1. The summed E-state index contributed by atoms with van der Waals surface area (Å²) in [6.45, 7) is 1.47. The average molecular weight is 486 g/mol. The van der Waals surface area contributed by atoms with Gasteiger partial charge in [-0.2, -0.15) is 0 Å². The molecule has 0 bridgehead atoms. The Morgan fingerprint density at radius 3 is 2.66 bits per heavy atom. The van der Waals surface area contributed by atoms with E-state index in [0.717, 1.165) is 34.5 Å². The van der Waals surface area contributed by atoms with Gasteiger partial charge in [-0.15, -0.1) is 0 Å². The second-order valence-corrected chi connectivity index (χ2v) is 9.55. The van der Waals surface area contributed by atoms with Gasteiger partial charge in [0.1, 0.15) is 23.8 Å². The first-order chi connectivity index (χ1) is 17.0. The van der Waals surface area contributed by atoms with Gasteiger partial charge >= 0.3 is 0 Å². The van der Waals surface area contributed by atoms with Crippen molar-refractivity contribution in [3.63, 3.8) is 0 Å². The molecule has 0 spiro atoms. The van der Waals surface area contributed by atoms with Gasteiger partial charge in [-0.25, -0.2) is 9.97 Å². The molecular formula is C28H27N3O3S. The number of carbonyl (C=O) groups is 1. The van der Waals surface area contributed by atoms with Crippen LogP contribution in [0.2, 0.25) is 0 Å². The Kier molecular flexibility index (Phi) is 6.70. The van der Waals surface area contributed by atoms with E-state index in [4.69, 9.17) is 9.15 Å². The van der Waals surface area contributed by atoms with Gasteiger partial charge in [-0.3, -0.25) is 4.79 Å². The fourth-order valence-corrected chi connectivity index (χ4v) is 4.68. The van der Waals surface area contributed by atoms with Crippen LogP contribution in [0, 0.1) is 0 Å². The number of hydrogen-bond acceptors (Lipinski definition) is 7. The van der Waals surface area contributed by atoms with Crippen molar-refractivity contribution in [2.75, 3.05) is 33.5 Å². The molecule has 0 aliphatic heterocycles. The Labute approximate surface area is 209 Å². The van der Waals surface area contributed by atoms with Crippen LogP contribution in [0.1, 0.15) is 27.4 Å². The molecule has 0 amide bonds. The lowest BCUT2D eigenvalue weighted by molar-refractivity contribution is 0.0973. The third kappa shape index (κ3) is 4.88. The number of nitrogens with zero attached hydrogens (tertiary/aromatic N) is 3. The molecule has 6 nitrogen and oxygen atoms in total. The summed E-state index contributed by atoms with van der Waals surface area (Å²) < 4.78 is 12.2. The first kappa shape index (κ1) is 23.3. The van der Waals surface area contributed by atoms with Gasteiger partial charge in [0.25, 0.3) is 0 Å². The summed E-state index contributed by atoms with van der Waals surface area (Å²) in [4.78, 5) is 24.4. The topological polar surface area (TPSA) is 68.5 Å². The number of aromatic nitrogens is 2. The molecule has 0 N–H and O–H groups in total. The highest BCUT2D eigenvalue weighted by molar-refractivity contribution is 7.98. The van der Waals surface area contributed by atoms with Crippen LogP contribution >= 0.6 is 11.8 Å². The third-order valence-corrected chi connectivity index (χ3v) is 6.72. The zero-order valence-electron chi connectivity index (χ0n) is 20.0. The van der Waals surface area contributed by atoms with Gasteiger partial charge in [-0.1, -0.05) is 36.0 Å². The molecule has 1 aliphatic rings. The number of furan rings is 1. The van der Waals surface area contributed by atoms with Gasteiger partial charge in [0.15, 0.2) is 16.7 Å². The largest absolute Gasteiger partial charge is 0.492 e. The maximum Gasteiger partial charge on any atom is 0.187 e. The lowest BCUT2D eigenvalue weighted by atomic mass is 9.94. The maximum atomic E-state index is 13.3. The van der Waals surface area contributed by atoms with Crippen LogP contribution in [-0.2, 0) is 6.42 Å². The van der Waals surface area contributed by atoms with Gasteiger partial charge in [-0.05, 0) is 68.7 Å². The number of hydrogen-bond donors (Lipinski definition) is 0. The number of rotatable bonds is 8. The number of Topliss-reactive ketones (excluding diaryl/α,β-unsaturated/α-hetero) is 1. The molecule has 0 saturated carbocycles. The third-order valence-electron chi connectivity index (χ3n) is 6.15. The molecule has 2 aromatic carbocycles. The van der Waals surface area contributed by atoms with Crippen molar-refractivity contribution in [1.82, 2.24) is 14.9 Å². The van der Waals surface area contributed by atoms with E-state index in [1.165, 1.54) is 11.8 Å². The zero-order chi connectivity index (χ0) is 24.4. The van der Waals surface area contributed by atoms with Crippen molar-refractivity contribution >= 4 is 17.5 Å². The number of fused-ring (bicyclic) bond motifs is 1. The lowest BCUT2D eigenvalue weighted by Crippen LogP contribution is -2.19. The minimum Gasteiger partial charge on any atom is -0.492 e. The van der Waals surface area contributed by atoms with Crippen molar-refractivity contribution in [3.05, 3.63) is 83.6 Å². The Balaban J connectivity index is 1.51. The fourth-order valence-electron chi connectivity index (χ4n) is 4.32. The van der Waals surface area contributed by atoms with Gasteiger partial charge in [0.05, 0.1) is 5.92 Å². The van der Waals surface area contributed by atoms with Gasteiger partial charge in [0.2, 0.25) is 0 Å². The molecule has 35 heavy (non-hydrogen) atoms. The summed E-state index contributed by atoms with van der Waals surface area (Å²) in [5.41, 5.74) is 4.32. The number of ketones is 1. The smallest absolute Gasteiger partial charge is 0.187 e. The average Bonchev–Trinajstić information content (AvgIpc) is 3.46. The first-order valence-corrected chi connectivity index (χ1v) is 12.8. The highest BCUT2D eigenvalue weighted by atomic mass is 32.2. The second kappa shape index (κ2) is 10.1. The van der Waals surface area contributed by atoms with Crippen LogP contribution in [0.4, 0.5) is 0 Å². The van der Waals surface area contributed by atoms with E-state index in [2.05, 4.69) is 14.9 Å². The quantitative estimate of drug-likeness (QED) is 0.238. The molecule has 178 valence electrons. The highest BCUT2D eigenvalue weighted by Crippen LogP contribution is 2.42. The molecule has 2 aromatic heterocycles. The molecule has 4 aromatic rings. The number of thioether (sulfide) groups is 1. The van der Waals surface area contributed by atoms with Gasteiger partial charge in [0, 0.05) is 29.4 Å². The van der Waals surface area contributed by atoms with E-state index in [0.29, 0.717) is 35.4 Å². The highest BCUT2D eigenvalue weighted by Gasteiger charge is 2.35. The molecular weight excluding hydrogens is 458 g/mol. The van der Waals surface area contributed by atoms with Crippen molar-refractivity contribution in [2.24, 2.45) is 0 Å². The molecule has 7 heteroatoms. The van der Waals surface area contributed by atoms with Crippen LogP contribution < -0.4 is 4.74 Å². The summed E-state index contributed by atoms with van der Waals surface area (Å²) in [7, 11) is 4.04. The van der Waals surface area contributed by atoms with Gasteiger partial charge < -0.3 is 14.1 Å². The molecule has 1 unspecified atom stereocenters. The molecule has 5 rings (SSSR count). The molecule has 0 fully saturated rings. The molecule has 1 aliphatic carbocycles. The SMILES string of the molecule is CSc1nccc(-c2oc(-c3ccc(OCCN(C)C)cc3)cc2C2Cc3ccccc3C2=O)n1. The van der Waals surface area contributed by atoms with E-state index < -0.39 is 0 Å². The summed E-state index contributed by atoms with van der Waals surface area (Å²) in [6.07, 6.45) is 4.32. The van der Waals surface area contributed by atoms with Crippen LogP contribution in [0.3, 0.4) is 0 Å². The van der Waals surface area contributed by atoms with Crippen molar-refractivity contribution in [2.45, 2.75) is 17.5 Å². The van der Waals surface area contributed by atoms with Crippen LogP contribution in [-0.4, -0.2) is 54.2 Å². The predicted molar refractivity (Wildman–Crippen MR) is 138 cm³/mol. The maximum absolute atomic E-state index is 13.3. The van der Waals surface area contributed by atoms with Crippen LogP contribution in [0.15, 0.2) is 76.4 Å². The fraction of sp³-hybridized carbons (Fsp3) is 0.250. The van der Waals surface area contributed by atoms with E-state index in [1.807, 2.05) is 81.0 Å². The molecule has 1 atom stereocenters. The summed E-state index contributed by atoms with van der Waals surface area (Å²) in [6, 6.07) is 19.5. The van der Waals surface area contributed by atoms with Crippen LogP contribution in [0.5, 0.6) is 5.75 Å². The monoisotopic (exact) mass is 485 g/mol. The summed E-state index contributed by atoms with van der Waals surface area (Å²) in [5, 5.41) is 0.659. The van der Waals surface area contributed by atoms with E-state index in [1.54, 1.807) is 6.20 Å². The van der Waals surface area contributed by atoms with Crippen molar-refractivity contribution in [3.8, 4) is 28.5 Å². The lowest BCUT2D eigenvalue weighted by Gasteiger charge is -2.11. The minimum absolute atomic E-state index is 0.123. The summed E-state index contributed by atoms with van der Waals surface area (Å²) >= 11 is 1.47. The van der Waals surface area contributed by atoms with Crippen molar-refractivity contribution in [1.29, 1.82) is 0 Å². The Hall–Kier alpha value is -3.42. The van der Waals surface area contributed by atoms with Crippen molar-refractivity contribution < 1.29 is 13.9 Å². The van der Waals surface area contributed by atoms with E-state index in [-0.39, 0.29) is 11.7 Å². The standard InChI is InChI=1S/C28H27N3O3S/c1-31(2)14-15-33-20-10-8-18(9-11-20)25-17-23(22-16-19-6-4-5-7-21(19)26(22)32)27(34-25)24-12-13-29-28(30-24)35-3/h4-13,17,22H,14-16H2,1-3H3. The van der Waals surface area contributed by atoms with E-state index in [9.17, 15) is 4.79 Å². The predicted octanol–water partition coefficient (Wildman–Crippen LogP) is 5.59. The zero-order valence-corrected chi connectivity index (χ0v) is 20.8. The molecule has 0 saturated heterocycles.